The summed E-state index contributed by atoms with van der Waals surface area (Å²) in [4.78, 5) is 16.6. The summed E-state index contributed by atoms with van der Waals surface area (Å²) in [6.45, 7) is 1.45. The van der Waals surface area contributed by atoms with E-state index in [1.54, 1.807) is 23.9 Å². The summed E-state index contributed by atoms with van der Waals surface area (Å²) < 4.78 is 27.9. The molecule has 1 saturated heterocycles. The molecule has 5 rings (SSSR count). The molecule has 0 aromatic heterocycles. The van der Waals surface area contributed by atoms with Gasteiger partial charge in [-0.25, -0.2) is 8.42 Å². The molecule has 0 unspecified atom stereocenters. The maximum absolute atomic E-state index is 13.2. The van der Waals surface area contributed by atoms with E-state index in [4.69, 9.17) is 0 Å². The average Bonchev–Trinajstić information content (AvgIpc) is 2.83. The van der Waals surface area contributed by atoms with Crippen LogP contribution in [-0.4, -0.2) is 44.0 Å². The molecule has 2 aliphatic rings. The van der Waals surface area contributed by atoms with Gasteiger partial charge in [0.05, 0.1) is 10.6 Å². The van der Waals surface area contributed by atoms with Gasteiger partial charge in [0, 0.05) is 36.2 Å². The number of rotatable bonds is 3. The Kier molecular flexibility index (Phi) is 5.50. The number of para-hydroxylation sites is 1. The molecule has 0 spiro atoms. The van der Waals surface area contributed by atoms with Gasteiger partial charge in [0.25, 0.3) is 0 Å². The number of anilines is 1. The van der Waals surface area contributed by atoms with Crippen molar-refractivity contribution in [2.24, 2.45) is 5.92 Å². The van der Waals surface area contributed by atoms with Crippen LogP contribution >= 0.6 is 11.8 Å². The van der Waals surface area contributed by atoms with Crippen LogP contribution in [0.1, 0.15) is 12.8 Å². The summed E-state index contributed by atoms with van der Waals surface area (Å²) in [6.07, 6.45) is 1.11. The van der Waals surface area contributed by atoms with Gasteiger partial charge in [-0.1, -0.05) is 42.5 Å². The Morgan fingerprint density at radius 1 is 0.871 bits per heavy atom. The molecule has 7 heteroatoms. The number of sulfonamides is 1. The fraction of sp³-hybridized carbons (Fsp3) is 0.292. The van der Waals surface area contributed by atoms with Crippen LogP contribution in [0.2, 0.25) is 0 Å². The molecule has 3 aromatic rings. The molecule has 0 atom stereocenters. The zero-order chi connectivity index (χ0) is 21.4. The van der Waals surface area contributed by atoms with Gasteiger partial charge in [-0.2, -0.15) is 4.31 Å². The number of benzene rings is 3. The Hall–Kier alpha value is -2.35. The van der Waals surface area contributed by atoms with Crippen LogP contribution in [0.3, 0.4) is 0 Å². The molecule has 0 saturated carbocycles. The second-order valence-corrected chi connectivity index (χ2v) is 11.1. The highest BCUT2D eigenvalue weighted by molar-refractivity contribution is 7.99. The van der Waals surface area contributed by atoms with E-state index in [0.717, 1.165) is 27.1 Å². The molecule has 1 fully saturated rings. The lowest BCUT2D eigenvalue weighted by Gasteiger charge is -2.35. The number of thioether (sulfide) groups is 1. The second kappa shape index (κ2) is 8.30. The highest BCUT2D eigenvalue weighted by Crippen LogP contribution is 2.36. The Bertz CT molecular complexity index is 1230. The number of fused-ring (bicyclic) bond motifs is 2. The van der Waals surface area contributed by atoms with Gasteiger partial charge in [-0.15, -0.1) is 11.8 Å². The molecule has 2 heterocycles. The topological polar surface area (TPSA) is 57.7 Å². The van der Waals surface area contributed by atoms with Crippen LogP contribution in [0.4, 0.5) is 5.69 Å². The van der Waals surface area contributed by atoms with E-state index in [2.05, 4.69) is 6.07 Å². The van der Waals surface area contributed by atoms with E-state index < -0.39 is 10.0 Å². The summed E-state index contributed by atoms with van der Waals surface area (Å²) in [5.41, 5.74) is 0.981. The van der Waals surface area contributed by atoms with Crippen molar-refractivity contribution >= 4 is 44.2 Å². The molecule has 0 aliphatic carbocycles. The second-order valence-electron chi connectivity index (χ2n) is 7.99. The van der Waals surface area contributed by atoms with E-state index in [1.165, 1.54) is 4.31 Å². The van der Waals surface area contributed by atoms with Gasteiger partial charge in [0.2, 0.25) is 15.9 Å². The third-order valence-electron chi connectivity index (χ3n) is 6.16. The molecular weight excluding hydrogens is 428 g/mol. The number of hydrogen-bond donors (Lipinski definition) is 0. The largest absolute Gasteiger partial charge is 0.310 e. The molecule has 5 nitrogen and oxygen atoms in total. The van der Waals surface area contributed by atoms with E-state index in [1.807, 2.05) is 53.4 Å². The van der Waals surface area contributed by atoms with Crippen molar-refractivity contribution in [3.63, 3.8) is 0 Å². The van der Waals surface area contributed by atoms with Crippen LogP contribution in [0, 0.1) is 5.92 Å². The average molecular weight is 453 g/mol. The molecule has 3 aromatic carbocycles. The standard InChI is InChI=1S/C24H24N2O3S2/c27-24(26-15-16-30-23-8-4-3-7-22(23)26)19-11-13-25(14-12-19)31(28,29)21-10-9-18-5-1-2-6-20(18)17-21/h1-10,17,19H,11-16H2. The SMILES string of the molecule is O=C(C1CCN(S(=O)(=O)c2ccc3ccccc3c2)CC1)N1CCSc2ccccc21. The Labute approximate surface area is 187 Å². The van der Waals surface area contributed by atoms with Crippen LogP contribution in [0.15, 0.2) is 76.5 Å². The van der Waals surface area contributed by atoms with E-state index in [-0.39, 0.29) is 11.8 Å². The van der Waals surface area contributed by atoms with Crippen LogP contribution in [0.25, 0.3) is 10.8 Å². The van der Waals surface area contributed by atoms with E-state index >= 15 is 0 Å². The number of piperidine rings is 1. The van der Waals surface area contributed by atoms with E-state index in [0.29, 0.717) is 37.4 Å². The van der Waals surface area contributed by atoms with Crippen molar-refractivity contribution in [1.82, 2.24) is 4.31 Å². The summed E-state index contributed by atoms with van der Waals surface area (Å²) in [5, 5.41) is 1.93. The fourth-order valence-corrected chi connectivity index (χ4v) is 6.94. The Balaban J connectivity index is 1.30. The van der Waals surface area contributed by atoms with Gasteiger partial charge in [0.1, 0.15) is 0 Å². The summed E-state index contributed by atoms with van der Waals surface area (Å²) >= 11 is 1.78. The van der Waals surface area contributed by atoms with Crippen LogP contribution < -0.4 is 4.90 Å². The van der Waals surface area contributed by atoms with Gasteiger partial charge in [-0.3, -0.25) is 4.79 Å². The zero-order valence-electron chi connectivity index (χ0n) is 17.1. The number of amides is 1. The maximum atomic E-state index is 13.2. The van der Waals surface area contributed by atoms with Crippen LogP contribution in [-0.2, 0) is 14.8 Å². The molecule has 0 N–H and O–H groups in total. The molecule has 0 bridgehead atoms. The number of hydrogen-bond acceptors (Lipinski definition) is 4. The predicted molar refractivity (Wildman–Crippen MR) is 125 cm³/mol. The van der Waals surface area contributed by atoms with Crippen molar-refractivity contribution in [3.05, 3.63) is 66.7 Å². The van der Waals surface area contributed by atoms with Crippen molar-refractivity contribution in [3.8, 4) is 0 Å². The smallest absolute Gasteiger partial charge is 0.243 e. The van der Waals surface area contributed by atoms with Gasteiger partial charge in [0.15, 0.2) is 0 Å². The fourth-order valence-electron chi connectivity index (χ4n) is 4.44. The lowest BCUT2D eigenvalue weighted by molar-refractivity contribution is -0.123. The Morgan fingerprint density at radius 2 is 1.58 bits per heavy atom. The molecule has 2 aliphatic heterocycles. The highest BCUT2D eigenvalue weighted by Gasteiger charge is 2.35. The van der Waals surface area contributed by atoms with E-state index in [9.17, 15) is 13.2 Å². The monoisotopic (exact) mass is 452 g/mol. The molecule has 160 valence electrons. The predicted octanol–water partition coefficient (Wildman–Crippen LogP) is 4.38. The molecule has 0 radical (unpaired) electrons. The lowest BCUT2D eigenvalue weighted by Crippen LogP contribution is -2.45. The number of nitrogens with zero attached hydrogens (tertiary/aromatic N) is 2. The third-order valence-corrected chi connectivity index (χ3v) is 9.09. The first-order valence-electron chi connectivity index (χ1n) is 10.6. The number of carbonyl (C=O) groups is 1. The van der Waals surface area contributed by atoms with Gasteiger partial charge in [-0.05, 0) is 47.9 Å². The van der Waals surface area contributed by atoms with Gasteiger partial charge >= 0.3 is 0 Å². The third kappa shape index (κ3) is 3.86. The zero-order valence-corrected chi connectivity index (χ0v) is 18.7. The summed E-state index contributed by atoms with van der Waals surface area (Å²) in [7, 11) is -3.57. The normalized spacial score (nSPS) is 18.1. The lowest BCUT2D eigenvalue weighted by atomic mass is 9.96. The number of carbonyl (C=O) groups excluding carboxylic acids is 1. The van der Waals surface area contributed by atoms with Gasteiger partial charge < -0.3 is 4.90 Å². The molecule has 31 heavy (non-hydrogen) atoms. The van der Waals surface area contributed by atoms with Crippen molar-refractivity contribution < 1.29 is 13.2 Å². The highest BCUT2D eigenvalue weighted by atomic mass is 32.2. The molecular formula is C24H24N2O3S2. The minimum Gasteiger partial charge on any atom is -0.310 e. The summed E-state index contributed by atoms with van der Waals surface area (Å²) in [5.74, 6) is 0.868. The minimum atomic E-state index is -3.57. The quantitative estimate of drug-likeness (QED) is 0.592. The minimum absolute atomic E-state index is 0.121. The van der Waals surface area contributed by atoms with Crippen molar-refractivity contribution in [2.45, 2.75) is 22.6 Å². The van der Waals surface area contributed by atoms with Crippen molar-refractivity contribution in [1.29, 1.82) is 0 Å². The van der Waals surface area contributed by atoms with Crippen LogP contribution in [0.5, 0.6) is 0 Å². The summed E-state index contributed by atoms with van der Waals surface area (Å²) in [6, 6.07) is 21.0. The molecule has 1 amide bonds. The first kappa shape index (κ1) is 20.5. The van der Waals surface area contributed by atoms with Crippen molar-refractivity contribution in [2.75, 3.05) is 30.3 Å². The first-order chi connectivity index (χ1) is 15.0. The first-order valence-corrected chi connectivity index (χ1v) is 13.0. The maximum Gasteiger partial charge on any atom is 0.243 e. The Morgan fingerprint density at radius 3 is 2.39 bits per heavy atom.